The summed E-state index contributed by atoms with van der Waals surface area (Å²) in [6.07, 6.45) is 10.4. The van der Waals surface area contributed by atoms with E-state index in [-0.39, 0.29) is 0 Å². The highest BCUT2D eigenvalue weighted by molar-refractivity contribution is 5.47. The molecule has 0 saturated carbocycles. The molecule has 0 amide bonds. The fourth-order valence-electron chi connectivity index (χ4n) is 1.22. The van der Waals surface area contributed by atoms with Crippen LogP contribution in [0.2, 0.25) is 0 Å². The average molecular weight is 190 g/mol. The fraction of sp³-hybridized carbons (Fsp3) is 0.417. The Morgan fingerprint density at radius 1 is 1.43 bits per heavy atom. The van der Waals surface area contributed by atoms with Gasteiger partial charge in [0.25, 0.3) is 0 Å². The minimum atomic E-state index is 1.13. The van der Waals surface area contributed by atoms with Gasteiger partial charge in [0.1, 0.15) is 0 Å². The minimum absolute atomic E-state index is 1.13. The molecule has 0 saturated heterocycles. The maximum Gasteiger partial charge on any atom is 0.0340 e. The third-order valence-corrected chi connectivity index (χ3v) is 1.97. The minimum Gasteiger partial charge on any atom is -0.309 e. The first kappa shape index (κ1) is 10.9. The van der Waals surface area contributed by atoms with Gasteiger partial charge in [0.05, 0.1) is 0 Å². The molecule has 0 aliphatic rings. The molecule has 1 aromatic heterocycles. The largest absolute Gasteiger partial charge is 0.309 e. The summed E-state index contributed by atoms with van der Waals surface area (Å²) in [6.45, 7) is 1.15. The number of pyridine rings is 1. The van der Waals surface area contributed by atoms with Crippen LogP contribution in [0, 0.1) is 0 Å². The Kier molecular flexibility index (Phi) is 4.94. The molecule has 2 heteroatoms. The Bertz CT molecular complexity index is 265. The molecule has 1 heterocycles. The van der Waals surface area contributed by atoms with Crippen LogP contribution in [0.1, 0.15) is 18.4 Å². The van der Waals surface area contributed by atoms with Crippen molar-refractivity contribution in [1.29, 1.82) is 0 Å². The zero-order valence-corrected chi connectivity index (χ0v) is 8.98. The van der Waals surface area contributed by atoms with Crippen LogP contribution in [0.3, 0.4) is 0 Å². The summed E-state index contributed by atoms with van der Waals surface area (Å²) in [6, 6.07) is 4.02. The zero-order chi connectivity index (χ0) is 10.2. The zero-order valence-electron chi connectivity index (χ0n) is 8.98. The van der Waals surface area contributed by atoms with Crippen molar-refractivity contribution in [1.82, 2.24) is 9.88 Å². The third-order valence-electron chi connectivity index (χ3n) is 1.97. The summed E-state index contributed by atoms with van der Waals surface area (Å²) < 4.78 is 0. The van der Waals surface area contributed by atoms with Crippen LogP contribution in [0.4, 0.5) is 0 Å². The average Bonchev–Trinajstić information content (AvgIpc) is 2.18. The molecule has 14 heavy (non-hydrogen) atoms. The fourth-order valence-corrected chi connectivity index (χ4v) is 1.22. The van der Waals surface area contributed by atoms with Gasteiger partial charge in [-0.1, -0.05) is 18.2 Å². The number of unbranched alkanes of at least 4 members (excludes halogenated alkanes) is 1. The van der Waals surface area contributed by atoms with Crippen LogP contribution in [0.15, 0.2) is 30.6 Å². The van der Waals surface area contributed by atoms with E-state index in [2.05, 4.69) is 42.2 Å². The van der Waals surface area contributed by atoms with Crippen LogP contribution in [0.25, 0.3) is 6.08 Å². The molecule has 0 aliphatic carbocycles. The summed E-state index contributed by atoms with van der Waals surface area (Å²) in [5.41, 5.74) is 1.18. The summed E-state index contributed by atoms with van der Waals surface area (Å²) >= 11 is 0. The van der Waals surface area contributed by atoms with E-state index >= 15 is 0 Å². The van der Waals surface area contributed by atoms with E-state index in [9.17, 15) is 0 Å². The van der Waals surface area contributed by atoms with Crippen molar-refractivity contribution >= 4 is 6.08 Å². The molecule has 0 N–H and O–H groups in total. The molecule has 0 unspecified atom stereocenters. The summed E-state index contributed by atoms with van der Waals surface area (Å²) in [5.74, 6) is 0. The number of allylic oxidation sites excluding steroid dienone is 1. The second-order valence-corrected chi connectivity index (χ2v) is 3.63. The lowest BCUT2D eigenvalue weighted by molar-refractivity contribution is 0.402. The van der Waals surface area contributed by atoms with Gasteiger partial charge >= 0.3 is 0 Å². The first-order valence-electron chi connectivity index (χ1n) is 5.00. The van der Waals surface area contributed by atoms with Gasteiger partial charge in [-0.3, -0.25) is 4.98 Å². The van der Waals surface area contributed by atoms with E-state index in [4.69, 9.17) is 0 Å². The lowest BCUT2D eigenvalue weighted by Gasteiger charge is -2.06. The van der Waals surface area contributed by atoms with Crippen molar-refractivity contribution in [2.75, 3.05) is 20.6 Å². The third kappa shape index (κ3) is 4.77. The maximum atomic E-state index is 4.05. The van der Waals surface area contributed by atoms with Crippen LogP contribution in [-0.4, -0.2) is 30.5 Å². The van der Waals surface area contributed by atoms with Crippen LogP contribution in [0.5, 0.6) is 0 Å². The molecule has 1 aromatic rings. The van der Waals surface area contributed by atoms with Gasteiger partial charge in [0, 0.05) is 12.4 Å². The standard InChI is InChI=1S/C12H18N2/c1-14(2)10-5-3-4-7-12-8-6-9-13-11-12/h4,6-9,11H,3,5,10H2,1-2H3/b7-4+. The molecule has 0 fully saturated rings. The Morgan fingerprint density at radius 3 is 2.93 bits per heavy atom. The number of nitrogens with zero attached hydrogens (tertiary/aromatic N) is 2. The second-order valence-electron chi connectivity index (χ2n) is 3.63. The van der Waals surface area contributed by atoms with Crippen LogP contribution < -0.4 is 0 Å². The van der Waals surface area contributed by atoms with E-state index in [1.54, 1.807) is 6.20 Å². The van der Waals surface area contributed by atoms with Gasteiger partial charge < -0.3 is 4.90 Å². The Morgan fingerprint density at radius 2 is 2.29 bits per heavy atom. The van der Waals surface area contributed by atoms with E-state index in [0.29, 0.717) is 0 Å². The first-order valence-corrected chi connectivity index (χ1v) is 5.00. The van der Waals surface area contributed by atoms with Crippen molar-refractivity contribution in [3.63, 3.8) is 0 Å². The smallest absolute Gasteiger partial charge is 0.0340 e. The van der Waals surface area contributed by atoms with Crippen molar-refractivity contribution in [2.24, 2.45) is 0 Å². The summed E-state index contributed by atoms with van der Waals surface area (Å²) in [4.78, 5) is 6.26. The van der Waals surface area contributed by atoms with E-state index < -0.39 is 0 Å². The lowest BCUT2D eigenvalue weighted by atomic mass is 10.2. The number of hydrogen-bond donors (Lipinski definition) is 0. The molecule has 2 nitrogen and oxygen atoms in total. The molecule has 0 radical (unpaired) electrons. The molecule has 0 aliphatic heterocycles. The van der Waals surface area contributed by atoms with Gasteiger partial charge in [-0.2, -0.15) is 0 Å². The van der Waals surface area contributed by atoms with E-state index in [1.165, 1.54) is 12.0 Å². The molecule has 1 rings (SSSR count). The Hall–Kier alpha value is -1.15. The SMILES string of the molecule is CN(C)CCC/C=C/c1cccnc1. The number of aromatic nitrogens is 1. The highest BCUT2D eigenvalue weighted by atomic mass is 15.0. The number of rotatable bonds is 5. The maximum absolute atomic E-state index is 4.05. The summed E-state index contributed by atoms with van der Waals surface area (Å²) in [7, 11) is 4.20. The predicted molar refractivity (Wildman–Crippen MR) is 61.1 cm³/mol. The monoisotopic (exact) mass is 190 g/mol. The topological polar surface area (TPSA) is 16.1 Å². The van der Waals surface area contributed by atoms with Gasteiger partial charge in [0.15, 0.2) is 0 Å². The van der Waals surface area contributed by atoms with Crippen molar-refractivity contribution in [2.45, 2.75) is 12.8 Å². The van der Waals surface area contributed by atoms with Crippen molar-refractivity contribution in [3.05, 3.63) is 36.2 Å². The molecular formula is C12H18N2. The van der Waals surface area contributed by atoms with E-state index in [0.717, 1.165) is 13.0 Å². The van der Waals surface area contributed by atoms with Gasteiger partial charge in [-0.15, -0.1) is 0 Å². The number of hydrogen-bond acceptors (Lipinski definition) is 2. The highest BCUT2D eigenvalue weighted by Crippen LogP contribution is 2.01. The summed E-state index contributed by atoms with van der Waals surface area (Å²) in [5, 5.41) is 0. The quantitative estimate of drug-likeness (QED) is 0.663. The Balaban J connectivity index is 2.21. The van der Waals surface area contributed by atoms with Crippen molar-refractivity contribution < 1.29 is 0 Å². The first-order chi connectivity index (χ1) is 6.79. The highest BCUT2D eigenvalue weighted by Gasteiger charge is 1.88. The molecule has 0 atom stereocenters. The van der Waals surface area contributed by atoms with Gasteiger partial charge in [-0.05, 0) is 45.1 Å². The normalized spacial score (nSPS) is 11.4. The molecule has 76 valence electrons. The predicted octanol–water partition coefficient (Wildman–Crippen LogP) is 2.44. The Labute approximate surface area is 86.3 Å². The van der Waals surface area contributed by atoms with Crippen LogP contribution in [-0.2, 0) is 0 Å². The van der Waals surface area contributed by atoms with Crippen LogP contribution >= 0.6 is 0 Å². The molecular weight excluding hydrogens is 172 g/mol. The van der Waals surface area contributed by atoms with Crippen molar-refractivity contribution in [3.8, 4) is 0 Å². The van der Waals surface area contributed by atoms with Gasteiger partial charge in [0.2, 0.25) is 0 Å². The molecule has 0 spiro atoms. The molecule has 0 aromatic carbocycles. The second kappa shape index (κ2) is 6.33. The molecule has 0 bridgehead atoms. The van der Waals surface area contributed by atoms with E-state index in [1.807, 2.05) is 12.3 Å². The lowest BCUT2D eigenvalue weighted by Crippen LogP contribution is -2.12. The van der Waals surface area contributed by atoms with Gasteiger partial charge in [-0.25, -0.2) is 0 Å².